The summed E-state index contributed by atoms with van der Waals surface area (Å²) in [7, 11) is 0. The third-order valence-corrected chi connectivity index (χ3v) is 3.14. The van der Waals surface area contributed by atoms with Crippen molar-refractivity contribution in [2.24, 2.45) is 0 Å². The number of carbonyl (C=O) groups is 3. The summed E-state index contributed by atoms with van der Waals surface area (Å²) in [4.78, 5) is 36.4. The molecule has 0 aromatic heterocycles. The molecule has 0 N–H and O–H groups in total. The molecule has 2 rings (SSSR count). The Labute approximate surface area is 122 Å². The van der Waals surface area contributed by atoms with Gasteiger partial charge in [-0.05, 0) is 12.5 Å². The Balaban J connectivity index is 1.96. The molecule has 1 atom stereocenters. The Morgan fingerprint density at radius 2 is 1.95 bits per heavy atom. The molecule has 1 aromatic rings. The van der Waals surface area contributed by atoms with Crippen LogP contribution in [-0.2, 0) is 25.7 Å². The predicted molar refractivity (Wildman–Crippen MR) is 73.4 cm³/mol. The van der Waals surface area contributed by atoms with E-state index in [2.05, 4.69) is 0 Å². The first-order valence-electron chi connectivity index (χ1n) is 6.77. The minimum absolute atomic E-state index is 0.0146. The number of benzene rings is 1. The van der Waals surface area contributed by atoms with Gasteiger partial charge in [0.05, 0.1) is 13.2 Å². The van der Waals surface area contributed by atoms with Crippen LogP contribution in [0, 0.1) is 0 Å². The normalized spacial score (nSPS) is 17.7. The zero-order valence-electron chi connectivity index (χ0n) is 11.8. The minimum atomic E-state index is -0.874. The van der Waals surface area contributed by atoms with Gasteiger partial charge in [-0.1, -0.05) is 30.3 Å². The smallest absolute Gasteiger partial charge is 0.411 e. The van der Waals surface area contributed by atoms with Crippen LogP contribution in [0.15, 0.2) is 30.3 Å². The van der Waals surface area contributed by atoms with E-state index < -0.39 is 18.1 Å². The second-order valence-electron chi connectivity index (χ2n) is 4.68. The highest BCUT2D eigenvalue weighted by molar-refractivity contribution is 5.95. The van der Waals surface area contributed by atoms with Crippen molar-refractivity contribution >= 4 is 17.8 Å². The number of Topliss-reactive ketones (excluding diaryl/α,β-unsaturated/α-hetero) is 1. The lowest BCUT2D eigenvalue weighted by atomic mass is 10.2. The second kappa shape index (κ2) is 6.88. The largest absolute Gasteiger partial charge is 0.464 e. The van der Waals surface area contributed by atoms with Crippen molar-refractivity contribution in [2.45, 2.75) is 26.0 Å². The lowest BCUT2D eigenvalue weighted by Crippen LogP contribution is -2.41. The van der Waals surface area contributed by atoms with E-state index in [1.165, 1.54) is 0 Å². The summed E-state index contributed by atoms with van der Waals surface area (Å²) in [5.74, 6) is -0.746. The van der Waals surface area contributed by atoms with Gasteiger partial charge < -0.3 is 9.47 Å². The highest BCUT2D eigenvalue weighted by Crippen LogP contribution is 2.18. The molecule has 1 saturated heterocycles. The molecule has 0 radical (unpaired) electrons. The summed E-state index contributed by atoms with van der Waals surface area (Å²) in [6.45, 7) is 1.86. The first-order chi connectivity index (χ1) is 10.1. The van der Waals surface area contributed by atoms with Gasteiger partial charge in [0.1, 0.15) is 12.6 Å². The van der Waals surface area contributed by atoms with E-state index in [1.807, 2.05) is 30.3 Å². The van der Waals surface area contributed by atoms with Gasteiger partial charge in [0.2, 0.25) is 0 Å². The average molecular weight is 291 g/mol. The fourth-order valence-corrected chi connectivity index (χ4v) is 2.13. The average Bonchev–Trinajstić information content (AvgIpc) is 2.88. The van der Waals surface area contributed by atoms with Gasteiger partial charge in [-0.2, -0.15) is 0 Å². The van der Waals surface area contributed by atoms with Crippen LogP contribution in [0.3, 0.4) is 0 Å². The first-order valence-corrected chi connectivity index (χ1v) is 6.77. The number of likely N-dealkylation sites (tertiary alicyclic amines) is 1. The number of nitrogens with zero attached hydrogens (tertiary/aromatic N) is 1. The maximum atomic E-state index is 12.0. The number of ketones is 1. The maximum Gasteiger partial charge on any atom is 0.411 e. The molecule has 1 amide bonds. The molecule has 0 aliphatic carbocycles. The number of ether oxygens (including phenoxy) is 2. The number of esters is 1. The molecule has 112 valence electrons. The van der Waals surface area contributed by atoms with Gasteiger partial charge in [-0.3, -0.25) is 9.69 Å². The third kappa shape index (κ3) is 3.81. The molecule has 1 fully saturated rings. The van der Waals surface area contributed by atoms with Gasteiger partial charge >= 0.3 is 12.1 Å². The van der Waals surface area contributed by atoms with Gasteiger partial charge in [0.15, 0.2) is 5.78 Å². The lowest BCUT2D eigenvalue weighted by Gasteiger charge is -2.21. The van der Waals surface area contributed by atoms with Crippen molar-refractivity contribution in [1.82, 2.24) is 4.90 Å². The highest BCUT2D eigenvalue weighted by Gasteiger charge is 2.40. The van der Waals surface area contributed by atoms with Crippen LogP contribution in [0.5, 0.6) is 0 Å². The lowest BCUT2D eigenvalue weighted by molar-refractivity contribution is -0.148. The molecule has 6 heteroatoms. The summed E-state index contributed by atoms with van der Waals surface area (Å²) >= 11 is 0. The number of hydrogen-bond acceptors (Lipinski definition) is 5. The Bertz CT molecular complexity index is 528. The third-order valence-electron chi connectivity index (χ3n) is 3.14. The SMILES string of the molecule is CCOC(=O)[C@H]1CC(=O)CN1C(=O)OCc1ccccc1. The fourth-order valence-electron chi connectivity index (χ4n) is 2.13. The number of rotatable bonds is 4. The summed E-state index contributed by atoms with van der Waals surface area (Å²) < 4.78 is 10.0. The van der Waals surface area contributed by atoms with E-state index in [0.29, 0.717) is 0 Å². The topological polar surface area (TPSA) is 72.9 Å². The molecular formula is C15H17NO5. The molecule has 1 aliphatic heterocycles. The monoisotopic (exact) mass is 291 g/mol. The number of hydrogen-bond donors (Lipinski definition) is 0. The number of amides is 1. The Kier molecular flexibility index (Phi) is 4.92. The Morgan fingerprint density at radius 1 is 1.24 bits per heavy atom. The van der Waals surface area contributed by atoms with Gasteiger partial charge in [-0.15, -0.1) is 0 Å². The Hall–Kier alpha value is -2.37. The summed E-state index contributed by atoms with van der Waals surface area (Å²) in [5.41, 5.74) is 0.837. The van der Waals surface area contributed by atoms with E-state index in [9.17, 15) is 14.4 Å². The molecule has 0 spiro atoms. The molecule has 0 bridgehead atoms. The van der Waals surface area contributed by atoms with E-state index in [4.69, 9.17) is 9.47 Å². The molecule has 0 saturated carbocycles. The van der Waals surface area contributed by atoms with Crippen LogP contribution in [0.2, 0.25) is 0 Å². The first kappa shape index (κ1) is 15.0. The van der Waals surface area contributed by atoms with Gasteiger partial charge in [-0.25, -0.2) is 9.59 Å². The highest BCUT2D eigenvalue weighted by atomic mass is 16.6. The standard InChI is InChI=1S/C15H17NO5/c1-2-20-14(18)13-8-12(17)9-16(13)15(19)21-10-11-6-4-3-5-7-11/h3-7,13H,2,8-10H2,1H3/t13-/m1/s1. The fraction of sp³-hybridized carbons (Fsp3) is 0.400. The molecule has 21 heavy (non-hydrogen) atoms. The summed E-state index contributed by atoms with van der Waals surface area (Å²) in [6.07, 6.45) is -0.693. The van der Waals surface area contributed by atoms with E-state index in [1.54, 1.807) is 6.92 Å². The van der Waals surface area contributed by atoms with Crippen LogP contribution in [0.1, 0.15) is 18.9 Å². The quantitative estimate of drug-likeness (QED) is 0.787. The molecule has 1 aliphatic rings. The van der Waals surface area contributed by atoms with E-state index in [-0.39, 0.29) is 32.0 Å². The minimum Gasteiger partial charge on any atom is -0.464 e. The van der Waals surface area contributed by atoms with E-state index >= 15 is 0 Å². The summed E-state index contributed by atoms with van der Waals surface area (Å²) in [5, 5.41) is 0. The molecule has 1 heterocycles. The van der Waals surface area contributed by atoms with Crippen LogP contribution < -0.4 is 0 Å². The van der Waals surface area contributed by atoms with Crippen LogP contribution in [0.4, 0.5) is 4.79 Å². The van der Waals surface area contributed by atoms with Crippen molar-refractivity contribution in [2.75, 3.05) is 13.2 Å². The number of carbonyl (C=O) groups excluding carboxylic acids is 3. The summed E-state index contributed by atoms with van der Waals surface area (Å²) in [6, 6.07) is 8.31. The van der Waals surface area contributed by atoms with Gasteiger partial charge in [0.25, 0.3) is 0 Å². The molecule has 6 nitrogen and oxygen atoms in total. The molecule has 1 aromatic carbocycles. The van der Waals surface area contributed by atoms with Crippen molar-refractivity contribution in [1.29, 1.82) is 0 Å². The van der Waals surface area contributed by atoms with E-state index in [0.717, 1.165) is 10.5 Å². The second-order valence-corrected chi connectivity index (χ2v) is 4.68. The zero-order chi connectivity index (χ0) is 15.2. The predicted octanol–water partition coefficient (Wildman–Crippen LogP) is 1.53. The Morgan fingerprint density at radius 3 is 2.62 bits per heavy atom. The van der Waals surface area contributed by atoms with Crippen molar-refractivity contribution in [3.05, 3.63) is 35.9 Å². The molecule has 0 unspecified atom stereocenters. The van der Waals surface area contributed by atoms with Crippen molar-refractivity contribution in [3.63, 3.8) is 0 Å². The van der Waals surface area contributed by atoms with Crippen LogP contribution in [0.25, 0.3) is 0 Å². The molecular weight excluding hydrogens is 274 g/mol. The van der Waals surface area contributed by atoms with Crippen molar-refractivity contribution < 1.29 is 23.9 Å². The maximum absolute atomic E-state index is 12.0. The van der Waals surface area contributed by atoms with Crippen molar-refractivity contribution in [3.8, 4) is 0 Å². The van der Waals surface area contributed by atoms with Gasteiger partial charge in [0, 0.05) is 6.42 Å². The van der Waals surface area contributed by atoms with Crippen LogP contribution >= 0.6 is 0 Å². The zero-order valence-corrected chi connectivity index (χ0v) is 11.8. The van der Waals surface area contributed by atoms with Crippen LogP contribution in [-0.4, -0.2) is 41.9 Å².